The van der Waals surface area contributed by atoms with Gasteiger partial charge in [-0.25, -0.2) is 0 Å². The molecule has 0 aromatic heterocycles. The summed E-state index contributed by atoms with van der Waals surface area (Å²) in [4.78, 5) is 13.0. The molecular formula is C21H29IN2O2. The first-order chi connectivity index (χ1) is 12.0. The molecule has 2 rings (SSSR count). The smallest absolute Gasteiger partial charge is 0.261 e. The Bertz CT molecular complexity index is 633. The minimum Gasteiger partial charge on any atom is -1.00 e. The molecule has 2 aromatic carbocycles. The fourth-order valence-corrected chi connectivity index (χ4v) is 2.89. The van der Waals surface area contributed by atoms with Crippen molar-refractivity contribution >= 4 is 5.91 Å². The standard InChI is InChI=1S/C21H28N2O2.HI/c1-4-23(3,5-2)17-16-22-20(24)21(25,18-12-8-6-9-13-18)19-14-10-7-11-15-19;/h6-15,25H,4-5,16-17H2,1-3H3;1H. The van der Waals surface area contributed by atoms with Crippen LogP contribution in [0.5, 0.6) is 0 Å². The fraction of sp³-hybridized carbons (Fsp3) is 0.381. The number of quaternary nitrogens is 1. The average Bonchev–Trinajstić information content (AvgIpc) is 2.68. The van der Waals surface area contributed by atoms with E-state index in [9.17, 15) is 9.90 Å². The third kappa shape index (κ3) is 5.05. The second kappa shape index (κ2) is 10.0. The van der Waals surface area contributed by atoms with Crippen LogP contribution in [-0.2, 0) is 10.4 Å². The van der Waals surface area contributed by atoms with Crippen LogP contribution in [0, 0.1) is 0 Å². The third-order valence-electron chi connectivity index (χ3n) is 5.18. The van der Waals surface area contributed by atoms with Gasteiger partial charge < -0.3 is 38.9 Å². The fourth-order valence-electron chi connectivity index (χ4n) is 2.89. The highest BCUT2D eigenvalue weighted by Crippen LogP contribution is 2.29. The molecule has 0 unspecified atom stereocenters. The van der Waals surface area contributed by atoms with Crippen LogP contribution in [0.4, 0.5) is 0 Å². The summed E-state index contributed by atoms with van der Waals surface area (Å²) in [6, 6.07) is 18.2. The molecule has 0 spiro atoms. The molecule has 0 heterocycles. The van der Waals surface area contributed by atoms with Gasteiger partial charge >= 0.3 is 0 Å². The molecule has 4 nitrogen and oxygen atoms in total. The van der Waals surface area contributed by atoms with Gasteiger partial charge in [0.05, 0.1) is 33.2 Å². The summed E-state index contributed by atoms with van der Waals surface area (Å²) in [5.41, 5.74) is -0.548. The van der Waals surface area contributed by atoms with E-state index >= 15 is 0 Å². The molecule has 0 atom stereocenters. The van der Waals surface area contributed by atoms with Crippen molar-refractivity contribution in [2.24, 2.45) is 0 Å². The molecule has 0 radical (unpaired) electrons. The summed E-state index contributed by atoms with van der Waals surface area (Å²) >= 11 is 0. The van der Waals surface area contributed by atoms with E-state index in [1.54, 1.807) is 24.3 Å². The van der Waals surface area contributed by atoms with E-state index in [-0.39, 0.29) is 29.9 Å². The summed E-state index contributed by atoms with van der Waals surface area (Å²) in [6.45, 7) is 7.67. The number of nitrogens with one attached hydrogen (secondary N) is 1. The minimum absolute atomic E-state index is 0. The van der Waals surface area contributed by atoms with E-state index in [2.05, 4.69) is 26.2 Å². The normalized spacial score (nSPS) is 11.5. The topological polar surface area (TPSA) is 49.3 Å². The Morgan fingerprint density at radius 3 is 1.77 bits per heavy atom. The predicted molar refractivity (Wildman–Crippen MR) is 101 cm³/mol. The summed E-state index contributed by atoms with van der Waals surface area (Å²) in [5.74, 6) is -0.386. The van der Waals surface area contributed by atoms with E-state index in [0.29, 0.717) is 17.7 Å². The molecule has 26 heavy (non-hydrogen) atoms. The molecule has 2 N–H and O–H groups in total. The zero-order valence-corrected chi connectivity index (χ0v) is 17.9. The predicted octanol–water partition coefficient (Wildman–Crippen LogP) is -0.471. The van der Waals surface area contributed by atoms with Crippen molar-refractivity contribution in [3.05, 3.63) is 71.8 Å². The number of hydrogen-bond acceptors (Lipinski definition) is 2. The van der Waals surface area contributed by atoms with E-state index in [0.717, 1.165) is 24.1 Å². The Labute approximate surface area is 173 Å². The van der Waals surface area contributed by atoms with E-state index in [1.807, 2.05) is 36.4 Å². The molecule has 0 saturated carbocycles. The van der Waals surface area contributed by atoms with Gasteiger partial charge in [0.15, 0.2) is 5.60 Å². The molecule has 5 heteroatoms. The van der Waals surface area contributed by atoms with Crippen molar-refractivity contribution in [3.63, 3.8) is 0 Å². The number of halogens is 1. The minimum atomic E-state index is -1.69. The van der Waals surface area contributed by atoms with E-state index < -0.39 is 5.60 Å². The maximum atomic E-state index is 13.0. The number of hydrogen-bond donors (Lipinski definition) is 2. The van der Waals surface area contributed by atoms with Gasteiger partial charge in [0.25, 0.3) is 5.91 Å². The largest absolute Gasteiger partial charge is 1.00 e. The lowest BCUT2D eigenvalue weighted by Crippen LogP contribution is -3.00. The Hall–Kier alpha value is -1.44. The van der Waals surface area contributed by atoms with Crippen LogP contribution in [0.15, 0.2) is 60.7 Å². The molecule has 0 aliphatic heterocycles. The molecule has 0 aliphatic carbocycles. The van der Waals surface area contributed by atoms with Crippen molar-refractivity contribution < 1.29 is 38.4 Å². The first-order valence-electron chi connectivity index (χ1n) is 8.91. The maximum absolute atomic E-state index is 13.0. The lowest BCUT2D eigenvalue weighted by Gasteiger charge is -2.33. The van der Waals surface area contributed by atoms with Crippen molar-refractivity contribution in [2.75, 3.05) is 33.2 Å². The van der Waals surface area contributed by atoms with Crippen molar-refractivity contribution in [1.82, 2.24) is 5.32 Å². The molecule has 0 bridgehead atoms. The lowest BCUT2D eigenvalue weighted by molar-refractivity contribution is -0.904. The second-order valence-electron chi connectivity index (χ2n) is 6.67. The SMILES string of the molecule is CC[N+](C)(CC)CCNC(=O)C(O)(c1ccccc1)c1ccccc1.[I-]. The van der Waals surface area contributed by atoms with Gasteiger partial charge in [0.1, 0.15) is 0 Å². The number of likely N-dealkylation sites (N-methyl/N-ethyl adjacent to an activating group) is 1. The molecule has 0 saturated heterocycles. The monoisotopic (exact) mass is 468 g/mol. The number of carbonyl (C=O) groups excluding carboxylic acids is 1. The second-order valence-corrected chi connectivity index (χ2v) is 6.67. The number of rotatable bonds is 8. The Kier molecular flexibility index (Phi) is 8.73. The zero-order valence-electron chi connectivity index (χ0n) is 15.8. The first-order valence-corrected chi connectivity index (χ1v) is 8.91. The average molecular weight is 468 g/mol. The summed E-state index contributed by atoms with van der Waals surface area (Å²) in [7, 11) is 2.17. The van der Waals surface area contributed by atoms with E-state index in [1.165, 1.54) is 0 Å². The Morgan fingerprint density at radius 2 is 1.38 bits per heavy atom. The van der Waals surface area contributed by atoms with Crippen LogP contribution in [0.3, 0.4) is 0 Å². The van der Waals surface area contributed by atoms with Gasteiger partial charge in [0.2, 0.25) is 0 Å². The van der Waals surface area contributed by atoms with Gasteiger partial charge in [0, 0.05) is 0 Å². The summed E-state index contributed by atoms with van der Waals surface area (Å²) < 4.78 is 0.884. The third-order valence-corrected chi connectivity index (χ3v) is 5.18. The number of benzene rings is 2. The van der Waals surface area contributed by atoms with Crippen molar-refractivity contribution in [3.8, 4) is 0 Å². The number of amides is 1. The number of nitrogens with zero attached hydrogens (tertiary/aromatic N) is 1. The first kappa shape index (κ1) is 22.6. The molecule has 0 aliphatic rings. The molecule has 142 valence electrons. The number of carbonyl (C=O) groups is 1. The quantitative estimate of drug-likeness (QED) is 0.407. The molecular weight excluding hydrogens is 439 g/mol. The Balaban J connectivity index is 0.00000338. The van der Waals surface area contributed by atoms with Gasteiger partial charge in [-0.1, -0.05) is 60.7 Å². The van der Waals surface area contributed by atoms with Crippen LogP contribution >= 0.6 is 0 Å². The number of aliphatic hydroxyl groups is 1. The van der Waals surface area contributed by atoms with Gasteiger partial charge in [-0.05, 0) is 25.0 Å². The summed E-state index contributed by atoms with van der Waals surface area (Å²) in [6.07, 6.45) is 0. The molecule has 1 amide bonds. The zero-order chi connectivity index (χ0) is 18.3. The molecule has 0 fully saturated rings. The van der Waals surface area contributed by atoms with Crippen LogP contribution < -0.4 is 29.3 Å². The van der Waals surface area contributed by atoms with Crippen LogP contribution in [0.1, 0.15) is 25.0 Å². The highest BCUT2D eigenvalue weighted by atomic mass is 127. The Morgan fingerprint density at radius 1 is 0.962 bits per heavy atom. The van der Waals surface area contributed by atoms with Gasteiger partial charge in [-0.2, -0.15) is 0 Å². The highest BCUT2D eigenvalue weighted by molar-refractivity contribution is 5.90. The van der Waals surface area contributed by atoms with Crippen molar-refractivity contribution in [1.29, 1.82) is 0 Å². The van der Waals surface area contributed by atoms with Gasteiger partial charge in [-0.3, -0.25) is 4.79 Å². The van der Waals surface area contributed by atoms with Crippen molar-refractivity contribution in [2.45, 2.75) is 19.4 Å². The molecule has 2 aromatic rings. The highest BCUT2D eigenvalue weighted by Gasteiger charge is 2.39. The maximum Gasteiger partial charge on any atom is 0.261 e. The van der Waals surface area contributed by atoms with Gasteiger partial charge in [-0.15, -0.1) is 0 Å². The van der Waals surface area contributed by atoms with Crippen LogP contribution in [-0.4, -0.2) is 48.7 Å². The lowest BCUT2D eigenvalue weighted by atomic mass is 9.85. The van der Waals surface area contributed by atoms with Crippen LogP contribution in [0.2, 0.25) is 0 Å². The van der Waals surface area contributed by atoms with Crippen LogP contribution in [0.25, 0.3) is 0 Å². The summed E-state index contributed by atoms with van der Waals surface area (Å²) in [5, 5.41) is 14.3. The van der Waals surface area contributed by atoms with E-state index in [4.69, 9.17) is 0 Å².